The molecular formula is C26H38N2O3. The number of carboxylic acids is 1. The van der Waals surface area contributed by atoms with Crippen LogP contribution in [-0.2, 0) is 4.79 Å². The fraction of sp³-hybridized carbons (Fsp3) is 0.731. The SMILES string of the molecule is O=C(O)C1=C[C@@]2(O)CCC=CCCCCN3CC[C@@H]1[C@]1(C[C@@H]4C=CCCCCN4[C@H]12)C3. The normalized spacial score (nSPS) is 43.5. The lowest BCUT2D eigenvalue weighted by molar-refractivity contribution is -0.139. The second-order valence-electron chi connectivity index (χ2n) is 10.6. The first-order chi connectivity index (χ1) is 15.0. The van der Waals surface area contributed by atoms with Gasteiger partial charge in [-0.15, -0.1) is 0 Å². The molecular weight excluding hydrogens is 388 g/mol. The molecule has 0 aromatic carbocycles. The lowest BCUT2D eigenvalue weighted by Gasteiger charge is -2.57. The highest BCUT2D eigenvalue weighted by Gasteiger charge is 2.66. The van der Waals surface area contributed by atoms with Gasteiger partial charge < -0.3 is 15.1 Å². The van der Waals surface area contributed by atoms with Crippen LogP contribution in [0.2, 0.25) is 0 Å². The van der Waals surface area contributed by atoms with Crippen molar-refractivity contribution in [2.45, 2.75) is 81.9 Å². The Labute approximate surface area is 186 Å². The number of piperidine rings is 1. The first-order valence-corrected chi connectivity index (χ1v) is 12.5. The minimum atomic E-state index is -1.09. The zero-order valence-electron chi connectivity index (χ0n) is 18.7. The monoisotopic (exact) mass is 426 g/mol. The number of fused-ring (bicyclic) bond motifs is 2. The van der Waals surface area contributed by atoms with E-state index in [9.17, 15) is 15.0 Å². The summed E-state index contributed by atoms with van der Waals surface area (Å²) >= 11 is 0. The molecule has 0 amide bonds. The molecule has 2 saturated heterocycles. The van der Waals surface area contributed by atoms with Crippen molar-refractivity contribution in [1.82, 2.24) is 9.80 Å². The Hall–Kier alpha value is -1.43. The molecule has 6 atom stereocenters. The van der Waals surface area contributed by atoms with Crippen LogP contribution in [0.3, 0.4) is 0 Å². The molecule has 3 bridgehead atoms. The predicted molar refractivity (Wildman–Crippen MR) is 122 cm³/mol. The van der Waals surface area contributed by atoms with Crippen LogP contribution in [-0.4, -0.2) is 69.8 Å². The van der Waals surface area contributed by atoms with Gasteiger partial charge in [-0.3, -0.25) is 4.90 Å². The lowest BCUT2D eigenvalue weighted by atomic mass is 9.55. The summed E-state index contributed by atoms with van der Waals surface area (Å²) in [5, 5.41) is 22.4. The number of carbonyl (C=O) groups is 1. The zero-order valence-corrected chi connectivity index (χ0v) is 18.7. The second-order valence-corrected chi connectivity index (χ2v) is 10.6. The fourth-order valence-corrected chi connectivity index (χ4v) is 7.57. The van der Waals surface area contributed by atoms with Crippen LogP contribution in [0.1, 0.15) is 64.2 Å². The van der Waals surface area contributed by atoms with E-state index in [0.717, 1.165) is 64.7 Å². The third-order valence-corrected chi connectivity index (χ3v) is 8.71. The summed E-state index contributed by atoms with van der Waals surface area (Å²) in [5.74, 6) is -0.793. The molecule has 4 heterocycles. The van der Waals surface area contributed by atoms with Crippen LogP contribution in [0.4, 0.5) is 0 Å². The topological polar surface area (TPSA) is 64.0 Å². The van der Waals surface area contributed by atoms with Crippen molar-refractivity contribution in [3.63, 3.8) is 0 Å². The van der Waals surface area contributed by atoms with Crippen molar-refractivity contribution in [3.8, 4) is 0 Å². The van der Waals surface area contributed by atoms with Crippen molar-refractivity contribution >= 4 is 5.97 Å². The third-order valence-electron chi connectivity index (χ3n) is 8.71. The molecule has 0 aromatic heterocycles. The molecule has 5 heteroatoms. The van der Waals surface area contributed by atoms with Gasteiger partial charge in [0, 0.05) is 29.5 Å². The molecule has 31 heavy (non-hydrogen) atoms. The molecule has 2 N–H and O–H groups in total. The van der Waals surface area contributed by atoms with Gasteiger partial charge in [0.05, 0.1) is 11.6 Å². The van der Waals surface area contributed by atoms with Crippen LogP contribution < -0.4 is 0 Å². The van der Waals surface area contributed by atoms with Gasteiger partial charge in [0.2, 0.25) is 0 Å². The first kappa shape index (κ1) is 21.4. The van der Waals surface area contributed by atoms with Crippen LogP contribution in [0.25, 0.3) is 0 Å². The van der Waals surface area contributed by atoms with E-state index in [-0.39, 0.29) is 17.4 Å². The number of allylic oxidation sites excluding steroid dienone is 3. The van der Waals surface area contributed by atoms with Gasteiger partial charge in [-0.25, -0.2) is 4.79 Å². The quantitative estimate of drug-likeness (QED) is 0.625. The smallest absolute Gasteiger partial charge is 0.331 e. The van der Waals surface area contributed by atoms with E-state index in [1.165, 1.54) is 19.3 Å². The third kappa shape index (κ3) is 3.73. The summed E-state index contributed by atoms with van der Waals surface area (Å²) < 4.78 is 0. The van der Waals surface area contributed by atoms with E-state index in [0.29, 0.717) is 18.0 Å². The largest absolute Gasteiger partial charge is 0.478 e. The minimum absolute atomic E-state index is 0.00203. The van der Waals surface area contributed by atoms with Gasteiger partial charge in [0.1, 0.15) is 0 Å². The Bertz CT molecular complexity index is 790. The predicted octanol–water partition coefficient (Wildman–Crippen LogP) is 3.75. The summed E-state index contributed by atoms with van der Waals surface area (Å²) in [6, 6.07) is 0.307. The van der Waals surface area contributed by atoms with Gasteiger partial charge in [-0.1, -0.05) is 24.3 Å². The molecule has 2 fully saturated rings. The highest BCUT2D eigenvalue weighted by atomic mass is 16.4. The first-order valence-electron chi connectivity index (χ1n) is 12.5. The average Bonchev–Trinajstić information content (AvgIpc) is 3.01. The van der Waals surface area contributed by atoms with Gasteiger partial charge >= 0.3 is 5.97 Å². The summed E-state index contributed by atoms with van der Waals surface area (Å²) in [7, 11) is 0. The lowest BCUT2D eigenvalue weighted by Crippen LogP contribution is -2.66. The van der Waals surface area contributed by atoms with Crippen molar-refractivity contribution in [3.05, 3.63) is 36.0 Å². The van der Waals surface area contributed by atoms with Gasteiger partial charge in [0.25, 0.3) is 0 Å². The summed E-state index contributed by atoms with van der Waals surface area (Å²) in [6.07, 6.45) is 21.2. The van der Waals surface area contributed by atoms with E-state index in [4.69, 9.17) is 0 Å². The highest BCUT2D eigenvalue weighted by molar-refractivity contribution is 5.88. The maximum absolute atomic E-state index is 12.4. The Kier molecular flexibility index (Phi) is 5.87. The van der Waals surface area contributed by atoms with E-state index in [2.05, 4.69) is 34.1 Å². The Morgan fingerprint density at radius 2 is 1.77 bits per heavy atom. The second kappa shape index (κ2) is 8.49. The van der Waals surface area contributed by atoms with Gasteiger partial charge in [-0.05, 0) is 89.9 Å². The van der Waals surface area contributed by atoms with E-state index >= 15 is 0 Å². The van der Waals surface area contributed by atoms with Crippen LogP contribution in [0.15, 0.2) is 36.0 Å². The standard InChI is InChI=1S/C26H38N2O3/c29-23(30)21-18-26(31)13-8-4-1-2-5-9-14-27-16-12-22(21)25(19-27)17-20-11-7-3-6-10-15-28(20)24(25)26/h1,4,7,11,18,20,22,24,31H,2-3,5-6,8-10,12-17,19H2,(H,29,30)/t20-,22-,24+,25-,26-/m0/s1. The zero-order chi connectivity index (χ0) is 21.5. The van der Waals surface area contributed by atoms with E-state index in [1.807, 2.05) is 0 Å². The molecule has 0 aromatic rings. The number of carboxylic acid groups (broad SMARTS) is 1. The maximum Gasteiger partial charge on any atom is 0.331 e. The molecule has 5 aliphatic rings. The Morgan fingerprint density at radius 3 is 2.61 bits per heavy atom. The van der Waals surface area contributed by atoms with Crippen molar-refractivity contribution < 1.29 is 15.0 Å². The van der Waals surface area contributed by atoms with Crippen molar-refractivity contribution in [2.24, 2.45) is 11.3 Å². The number of rotatable bonds is 1. The number of aliphatic hydroxyl groups is 1. The molecule has 5 rings (SSSR count). The van der Waals surface area contributed by atoms with Crippen molar-refractivity contribution in [2.75, 3.05) is 26.2 Å². The van der Waals surface area contributed by atoms with Gasteiger partial charge in [-0.2, -0.15) is 0 Å². The Morgan fingerprint density at radius 1 is 1.00 bits per heavy atom. The highest BCUT2D eigenvalue weighted by Crippen LogP contribution is 2.59. The van der Waals surface area contributed by atoms with Crippen LogP contribution >= 0.6 is 0 Å². The van der Waals surface area contributed by atoms with Crippen LogP contribution in [0, 0.1) is 11.3 Å². The number of nitrogens with zero attached hydrogens (tertiary/aromatic N) is 2. The molecule has 170 valence electrons. The molecule has 0 radical (unpaired) electrons. The maximum atomic E-state index is 12.4. The molecule has 1 unspecified atom stereocenters. The Balaban J connectivity index is 1.65. The molecule has 5 nitrogen and oxygen atoms in total. The minimum Gasteiger partial charge on any atom is -0.478 e. The number of hydrogen-bond acceptors (Lipinski definition) is 4. The van der Waals surface area contributed by atoms with Crippen molar-refractivity contribution in [1.29, 1.82) is 0 Å². The molecule has 0 saturated carbocycles. The molecule has 4 aliphatic heterocycles. The number of hydrogen-bond donors (Lipinski definition) is 2. The molecule has 1 aliphatic carbocycles. The average molecular weight is 427 g/mol. The molecule has 1 spiro atoms. The summed E-state index contributed by atoms with van der Waals surface area (Å²) in [6.45, 7) is 3.98. The van der Waals surface area contributed by atoms with E-state index in [1.54, 1.807) is 6.08 Å². The van der Waals surface area contributed by atoms with E-state index < -0.39 is 11.6 Å². The fourth-order valence-electron chi connectivity index (χ4n) is 7.57. The number of aliphatic carboxylic acids is 1. The van der Waals surface area contributed by atoms with Crippen LogP contribution in [0.5, 0.6) is 0 Å². The summed E-state index contributed by atoms with van der Waals surface area (Å²) in [5.41, 5.74) is -0.795. The summed E-state index contributed by atoms with van der Waals surface area (Å²) in [4.78, 5) is 17.6. The van der Waals surface area contributed by atoms with Gasteiger partial charge in [0.15, 0.2) is 0 Å².